The lowest BCUT2D eigenvalue weighted by molar-refractivity contribution is 0.0683. The van der Waals surface area contributed by atoms with Crippen LogP contribution in [0.1, 0.15) is 42.0 Å². The molecule has 0 atom stereocenters. The Morgan fingerprint density at radius 2 is 2.46 bits per heavy atom. The van der Waals surface area contributed by atoms with Crippen LogP contribution in [-0.2, 0) is 6.42 Å². The first-order chi connectivity index (χ1) is 6.22. The van der Waals surface area contributed by atoms with Gasteiger partial charge in [0.05, 0.1) is 11.7 Å². The van der Waals surface area contributed by atoms with Crippen molar-refractivity contribution in [3.63, 3.8) is 0 Å². The van der Waals surface area contributed by atoms with E-state index >= 15 is 0 Å². The average molecular weight is 180 g/mol. The second kappa shape index (κ2) is 2.87. The van der Waals surface area contributed by atoms with Gasteiger partial charge in [0.15, 0.2) is 0 Å². The molecule has 0 aliphatic heterocycles. The van der Waals surface area contributed by atoms with Gasteiger partial charge in [-0.2, -0.15) is 5.10 Å². The molecule has 0 saturated heterocycles. The summed E-state index contributed by atoms with van der Waals surface area (Å²) in [6.07, 6.45) is 2.91. The SMILES string of the molecule is CCc1cc(C(=O)O)n(C2CC2)n1. The molecule has 4 nitrogen and oxygen atoms in total. The van der Waals surface area contributed by atoms with Crippen molar-refractivity contribution in [1.82, 2.24) is 9.78 Å². The zero-order valence-electron chi connectivity index (χ0n) is 7.53. The number of rotatable bonds is 3. The minimum Gasteiger partial charge on any atom is -0.477 e. The Balaban J connectivity index is 2.39. The monoisotopic (exact) mass is 180 g/mol. The molecule has 0 radical (unpaired) electrons. The van der Waals surface area contributed by atoms with E-state index in [0.29, 0.717) is 11.7 Å². The summed E-state index contributed by atoms with van der Waals surface area (Å²) in [4.78, 5) is 10.8. The highest BCUT2D eigenvalue weighted by atomic mass is 16.4. The highest BCUT2D eigenvalue weighted by molar-refractivity contribution is 5.85. The molecular weight excluding hydrogens is 168 g/mol. The van der Waals surface area contributed by atoms with Gasteiger partial charge in [-0.25, -0.2) is 4.79 Å². The minimum atomic E-state index is -0.876. The number of aryl methyl sites for hydroxylation is 1. The second-order valence-corrected chi connectivity index (χ2v) is 3.36. The third kappa shape index (κ3) is 1.43. The summed E-state index contributed by atoms with van der Waals surface area (Å²) >= 11 is 0. The molecular formula is C9H12N2O2. The van der Waals surface area contributed by atoms with E-state index < -0.39 is 5.97 Å². The van der Waals surface area contributed by atoms with Crippen molar-refractivity contribution >= 4 is 5.97 Å². The zero-order chi connectivity index (χ0) is 9.42. The van der Waals surface area contributed by atoms with Gasteiger partial charge in [-0.1, -0.05) is 6.92 Å². The van der Waals surface area contributed by atoms with E-state index in [0.717, 1.165) is 25.0 Å². The van der Waals surface area contributed by atoms with E-state index in [1.165, 1.54) is 0 Å². The zero-order valence-corrected chi connectivity index (χ0v) is 7.53. The Labute approximate surface area is 76.2 Å². The van der Waals surface area contributed by atoms with Crippen molar-refractivity contribution in [2.24, 2.45) is 0 Å². The summed E-state index contributed by atoms with van der Waals surface area (Å²) < 4.78 is 1.65. The summed E-state index contributed by atoms with van der Waals surface area (Å²) in [6, 6.07) is 2.01. The maximum Gasteiger partial charge on any atom is 0.354 e. The van der Waals surface area contributed by atoms with Gasteiger partial charge in [-0.15, -0.1) is 0 Å². The van der Waals surface area contributed by atoms with E-state index in [-0.39, 0.29) is 0 Å². The molecule has 2 rings (SSSR count). The largest absolute Gasteiger partial charge is 0.477 e. The minimum absolute atomic E-state index is 0.333. The van der Waals surface area contributed by atoms with E-state index in [9.17, 15) is 4.79 Å². The first kappa shape index (κ1) is 8.29. The van der Waals surface area contributed by atoms with Crippen LogP contribution in [0.4, 0.5) is 0 Å². The molecule has 4 heteroatoms. The van der Waals surface area contributed by atoms with Crippen LogP contribution in [-0.4, -0.2) is 20.9 Å². The van der Waals surface area contributed by atoms with Crippen LogP contribution < -0.4 is 0 Å². The third-order valence-corrected chi connectivity index (χ3v) is 2.26. The van der Waals surface area contributed by atoms with Crippen LogP contribution in [0, 0.1) is 0 Å². The normalized spacial score (nSPS) is 16.1. The molecule has 0 unspecified atom stereocenters. The van der Waals surface area contributed by atoms with E-state index in [4.69, 9.17) is 5.11 Å². The van der Waals surface area contributed by atoms with Crippen LogP contribution in [0.25, 0.3) is 0 Å². The molecule has 1 N–H and O–H groups in total. The van der Waals surface area contributed by atoms with Gasteiger partial charge in [0.2, 0.25) is 0 Å². The first-order valence-electron chi connectivity index (χ1n) is 4.54. The highest BCUT2D eigenvalue weighted by Crippen LogP contribution is 2.35. The molecule has 13 heavy (non-hydrogen) atoms. The number of aromatic nitrogens is 2. The molecule has 1 aliphatic rings. The molecule has 1 aliphatic carbocycles. The molecule has 0 bridgehead atoms. The fraction of sp³-hybridized carbons (Fsp3) is 0.556. The maximum atomic E-state index is 10.8. The Morgan fingerprint density at radius 3 is 2.92 bits per heavy atom. The van der Waals surface area contributed by atoms with Crippen LogP contribution in [0.2, 0.25) is 0 Å². The highest BCUT2D eigenvalue weighted by Gasteiger charge is 2.29. The fourth-order valence-corrected chi connectivity index (χ4v) is 1.38. The standard InChI is InChI=1S/C9H12N2O2/c1-2-6-5-8(9(12)13)11(10-6)7-3-4-7/h5,7H,2-4H2,1H3,(H,12,13). The van der Waals surface area contributed by atoms with Crippen LogP contribution in [0.5, 0.6) is 0 Å². The number of carboxylic acid groups (broad SMARTS) is 1. The molecule has 1 fully saturated rings. The van der Waals surface area contributed by atoms with E-state index in [2.05, 4.69) is 5.10 Å². The lowest BCUT2D eigenvalue weighted by Gasteiger charge is -1.99. The smallest absolute Gasteiger partial charge is 0.354 e. The van der Waals surface area contributed by atoms with Gasteiger partial charge < -0.3 is 5.11 Å². The number of aromatic carboxylic acids is 1. The summed E-state index contributed by atoms with van der Waals surface area (Å²) in [5, 5.41) is 13.1. The van der Waals surface area contributed by atoms with Crippen molar-refractivity contribution < 1.29 is 9.90 Å². The van der Waals surface area contributed by atoms with Gasteiger partial charge in [-0.05, 0) is 25.3 Å². The van der Waals surface area contributed by atoms with Crippen LogP contribution in [0.15, 0.2) is 6.07 Å². The molecule has 1 aromatic heterocycles. The molecule has 70 valence electrons. The van der Waals surface area contributed by atoms with Crippen molar-refractivity contribution in [3.8, 4) is 0 Å². The lowest BCUT2D eigenvalue weighted by atomic mass is 10.3. The second-order valence-electron chi connectivity index (χ2n) is 3.36. The summed E-state index contributed by atoms with van der Waals surface area (Å²) in [5.41, 5.74) is 1.20. The maximum absolute atomic E-state index is 10.8. The molecule has 1 saturated carbocycles. The van der Waals surface area contributed by atoms with Crippen molar-refractivity contribution in [1.29, 1.82) is 0 Å². The quantitative estimate of drug-likeness (QED) is 0.766. The molecule has 0 amide bonds. The number of hydrogen-bond acceptors (Lipinski definition) is 2. The fourth-order valence-electron chi connectivity index (χ4n) is 1.38. The number of carboxylic acids is 1. The van der Waals surface area contributed by atoms with Crippen molar-refractivity contribution in [2.45, 2.75) is 32.2 Å². The first-order valence-corrected chi connectivity index (χ1v) is 4.54. The van der Waals surface area contributed by atoms with Crippen molar-refractivity contribution in [3.05, 3.63) is 17.5 Å². The van der Waals surface area contributed by atoms with Gasteiger partial charge in [0.1, 0.15) is 5.69 Å². The lowest BCUT2D eigenvalue weighted by Crippen LogP contribution is -2.08. The van der Waals surface area contributed by atoms with Gasteiger partial charge in [-0.3, -0.25) is 4.68 Å². The van der Waals surface area contributed by atoms with Crippen LogP contribution in [0.3, 0.4) is 0 Å². The predicted octanol–water partition coefficient (Wildman–Crippen LogP) is 1.48. The van der Waals surface area contributed by atoms with E-state index in [1.807, 2.05) is 6.92 Å². The topological polar surface area (TPSA) is 55.1 Å². The summed E-state index contributed by atoms with van der Waals surface area (Å²) in [7, 11) is 0. The Hall–Kier alpha value is -1.32. The summed E-state index contributed by atoms with van der Waals surface area (Å²) in [5.74, 6) is -0.876. The number of carbonyl (C=O) groups is 1. The van der Waals surface area contributed by atoms with Gasteiger partial charge in [0.25, 0.3) is 0 Å². The van der Waals surface area contributed by atoms with E-state index in [1.54, 1.807) is 10.7 Å². The average Bonchev–Trinajstić information content (AvgIpc) is 2.84. The molecule has 0 spiro atoms. The van der Waals surface area contributed by atoms with Crippen LogP contribution >= 0.6 is 0 Å². The van der Waals surface area contributed by atoms with Gasteiger partial charge >= 0.3 is 5.97 Å². The van der Waals surface area contributed by atoms with Crippen molar-refractivity contribution in [2.75, 3.05) is 0 Å². The van der Waals surface area contributed by atoms with Gasteiger partial charge in [0, 0.05) is 0 Å². The predicted molar refractivity (Wildman–Crippen MR) is 46.8 cm³/mol. The molecule has 0 aromatic carbocycles. The Bertz CT molecular complexity index is 339. The number of hydrogen-bond donors (Lipinski definition) is 1. The Kier molecular flexibility index (Phi) is 1.83. The number of nitrogens with zero attached hydrogens (tertiary/aromatic N) is 2. The summed E-state index contributed by atoms with van der Waals surface area (Å²) in [6.45, 7) is 1.98. The molecule has 1 aromatic rings. The third-order valence-electron chi connectivity index (χ3n) is 2.26. The molecule has 1 heterocycles. The Morgan fingerprint density at radius 1 is 1.77 bits per heavy atom.